The van der Waals surface area contributed by atoms with E-state index in [2.05, 4.69) is 40.2 Å². The number of aryl methyl sites for hydroxylation is 2. The smallest absolute Gasteiger partial charge is 0.298 e. The van der Waals surface area contributed by atoms with E-state index >= 15 is 0 Å². The van der Waals surface area contributed by atoms with Crippen LogP contribution < -0.4 is 4.74 Å². The molecular formula is C24H27ClN4OS. The lowest BCUT2D eigenvalue weighted by Gasteiger charge is -2.17. The number of benzene rings is 2. The molecule has 1 heterocycles. The molecule has 0 amide bonds. The summed E-state index contributed by atoms with van der Waals surface area (Å²) in [6.45, 7) is 8.34. The second-order valence-electron chi connectivity index (χ2n) is 8.48. The van der Waals surface area contributed by atoms with Gasteiger partial charge in [-0.05, 0) is 81.5 Å². The van der Waals surface area contributed by atoms with Crippen LogP contribution in [0, 0.1) is 13.8 Å². The maximum Gasteiger partial charge on any atom is 0.298 e. The Morgan fingerprint density at radius 3 is 2.52 bits per heavy atom. The highest BCUT2D eigenvalue weighted by Crippen LogP contribution is 2.53. The topological polar surface area (TPSA) is 50.6 Å². The normalized spacial score (nSPS) is 14.9. The lowest BCUT2D eigenvalue weighted by molar-refractivity contribution is 0.429. The van der Waals surface area contributed by atoms with Gasteiger partial charge in [0.15, 0.2) is 5.82 Å². The summed E-state index contributed by atoms with van der Waals surface area (Å²) in [7, 11) is 2.03. The molecule has 4 rings (SSSR count). The highest BCUT2D eigenvalue weighted by atomic mass is 35.5. The van der Waals surface area contributed by atoms with Gasteiger partial charge in [0.25, 0.3) is 5.19 Å². The molecular weight excluding hydrogens is 428 g/mol. The van der Waals surface area contributed by atoms with Crippen molar-refractivity contribution in [3.8, 4) is 10.9 Å². The van der Waals surface area contributed by atoms with Crippen LogP contribution in [0.1, 0.15) is 49.2 Å². The molecule has 0 radical (unpaired) electrons. The Labute approximate surface area is 192 Å². The molecule has 0 N–H and O–H groups in total. The molecule has 7 heteroatoms. The van der Waals surface area contributed by atoms with Crippen LogP contribution in [-0.4, -0.2) is 33.7 Å². The van der Waals surface area contributed by atoms with Crippen LogP contribution in [0.3, 0.4) is 0 Å². The zero-order valence-electron chi connectivity index (χ0n) is 18.5. The molecule has 0 saturated heterocycles. The van der Waals surface area contributed by atoms with E-state index < -0.39 is 0 Å². The van der Waals surface area contributed by atoms with E-state index in [-0.39, 0.29) is 5.41 Å². The highest BCUT2D eigenvalue weighted by molar-refractivity contribution is 7.07. The monoisotopic (exact) mass is 454 g/mol. The van der Waals surface area contributed by atoms with E-state index in [4.69, 9.17) is 21.3 Å². The molecule has 0 unspecified atom stereocenters. The minimum Gasteiger partial charge on any atom is -0.430 e. The van der Waals surface area contributed by atoms with Crippen LogP contribution in [0.5, 0.6) is 10.9 Å². The molecule has 0 spiro atoms. The second kappa shape index (κ2) is 8.60. The lowest BCUT2D eigenvalue weighted by Crippen LogP contribution is -2.24. The summed E-state index contributed by atoms with van der Waals surface area (Å²) >= 11 is 7.35. The Balaban J connectivity index is 1.52. The quantitative estimate of drug-likeness (QED) is 0.295. The SMILES string of the molecule is Cc1cc(Oc2nc(C3(c4ccc(Cl)cc4)CC3)ns2)c(C)cc1N=CN(C)C(C)C. The van der Waals surface area contributed by atoms with Crippen molar-refractivity contribution >= 4 is 35.2 Å². The molecule has 0 bridgehead atoms. The van der Waals surface area contributed by atoms with E-state index in [1.165, 1.54) is 17.1 Å². The Morgan fingerprint density at radius 2 is 1.87 bits per heavy atom. The number of nitrogens with zero attached hydrogens (tertiary/aromatic N) is 4. The van der Waals surface area contributed by atoms with Gasteiger partial charge in [0.05, 0.1) is 17.4 Å². The number of aromatic nitrogens is 2. The van der Waals surface area contributed by atoms with Crippen molar-refractivity contribution in [1.29, 1.82) is 0 Å². The molecule has 0 atom stereocenters. The highest BCUT2D eigenvalue weighted by Gasteiger charge is 2.49. The Morgan fingerprint density at radius 1 is 1.16 bits per heavy atom. The maximum atomic E-state index is 6.13. The third-order valence-corrected chi connectivity index (χ3v) is 6.71. The first kappa shape index (κ1) is 21.8. The van der Waals surface area contributed by atoms with Crippen LogP contribution in [-0.2, 0) is 5.41 Å². The average Bonchev–Trinajstić information content (AvgIpc) is 3.41. The minimum atomic E-state index is -0.103. The van der Waals surface area contributed by atoms with Gasteiger partial charge in [-0.1, -0.05) is 23.7 Å². The lowest BCUT2D eigenvalue weighted by atomic mass is 9.95. The number of hydrogen-bond acceptors (Lipinski definition) is 5. The van der Waals surface area contributed by atoms with Gasteiger partial charge in [-0.15, -0.1) is 0 Å². The van der Waals surface area contributed by atoms with Crippen molar-refractivity contribution < 1.29 is 4.74 Å². The van der Waals surface area contributed by atoms with Crippen LogP contribution in [0.2, 0.25) is 5.02 Å². The first-order chi connectivity index (χ1) is 14.8. The zero-order valence-corrected chi connectivity index (χ0v) is 20.1. The van der Waals surface area contributed by atoms with Gasteiger partial charge in [0, 0.05) is 29.6 Å². The predicted molar refractivity (Wildman–Crippen MR) is 128 cm³/mol. The molecule has 1 saturated carbocycles. The maximum absolute atomic E-state index is 6.13. The molecule has 1 aromatic heterocycles. The molecule has 3 aromatic rings. The summed E-state index contributed by atoms with van der Waals surface area (Å²) in [5.41, 5.74) is 4.12. The van der Waals surface area contributed by atoms with E-state index in [1.54, 1.807) is 0 Å². The van der Waals surface area contributed by atoms with E-state index in [9.17, 15) is 0 Å². The summed E-state index contributed by atoms with van der Waals surface area (Å²) in [5, 5.41) is 1.30. The molecule has 2 aromatic carbocycles. The number of ether oxygens (including phenoxy) is 1. The van der Waals surface area contributed by atoms with Gasteiger partial charge in [0.2, 0.25) is 0 Å². The van der Waals surface area contributed by atoms with Gasteiger partial charge >= 0.3 is 0 Å². The predicted octanol–water partition coefficient (Wildman–Crippen LogP) is 6.68. The summed E-state index contributed by atoms with van der Waals surface area (Å²) in [6, 6.07) is 12.5. The van der Waals surface area contributed by atoms with Crippen molar-refractivity contribution in [3.05, 3.63) is 63.9 Å². The van der Waals surface area contributed by atoms with Crippen molar-refractivity contribution in [1.82, 2.24) is 14.3 Å². The fraction of sp³-hybridized carbons (Fsp3) is 0.375. The molecule has 31 heavy (non-hydrogen) atoms. The summed E-state index contributed by atoms with van der Waals surface area (Å²) < 4.78 is 10.8. The van der Waals surface area contributed by atoms with Gasteiger partial charge in [-0.25, -0.2) is 4.99 Å². The van der Waals surface area contributed by atoms with Crippen LogP contribution in [0.15, 0.2) is 41.4 Å². The van der Waals surface area contributed by atoms with Gasteiger partial charge in [-0.3, -0.25) is 0 Å². The summed E-state index contributed by atoms with van der Waals surface area (Å²) in [6.07, 6.45) is 3.96. The van der Waals surface area contributed by atoms with Crippen LogP contribution >= 0.6 is 23.1 Å². The minimum absolute atomic E-state index is 0.103. The molecule has 1 aliphatic carbocycles. The standard InChI is InChI=1S/C24H27ClN4OS/c1-15(2)29(5)14-26-20-12-17(4)21(13-16(20)3)30-23-27-22(28-31-23)24(10-11-24)18-6-8-19(25)9-7-18/h6-9,12-15H,10-11H2,1-5H3. The third kappa shape index (κ3) is 4.60. The number of halogens is 1. The molecule has 1 fully saturated rings. The number of hydrogen-bond donors (Lipinski definition) is 0. The van der Waals surface area contributed by atoms with Crippen molar-refractivity contribution in [2.45, 2.75) is 52.0 Å². The largest absolute Gasteiger partial charge is 0.430 e. The zero-order chi connectivity index (χ0) is 22.2. The van der Waals surface area contributed by atoms with Crippen molar-refractivity contribution in [3.63, 3.8) is 0 Å². The summed E-state index contributed by atoms with van der Waals surface area (Å²) in [4.78, 5) is 11.4. The van der Waals surface area contributed by atoms with Crippen LogP contribution in [0.4, 0.5) is 5.69 Å². The fourth-order valence-electron chi connectivity index (χ4n) is 3.38. The van der Waals surface area contributed by atoms with Gasteiger partial charge in [0.1, 0.15) is 5.75 Å². The molecule has 5 nitrogen and oxygen atoms in total. The van der Waals surface area contributed by atoms with Gasteiger partial charge < -0.3 is 9.64 Å². The Kier molecular flexibility index (Phi) is 6.04. The molecule has 162 valence electrons. The molecule has 0 aliphatic heterocycles. The number of rotatable bonds is 7. The average molecular weight is 455 g/mol. The van der Waals surface area contributed by atoms with E-state index in [1.807, 2.05) is 51.5 Å². The molecule has 1 aliphatic rings. The third-order valence-electron chi connectivity index (χ3n) is 5.87. The second-order valence-corrected chi connectivity index (χ2v) is 9.63. The Bertz CT molecular complexity index is 1100. The number of aliphatic imine (C=N–C) groups is 1. The van der Waals surface area contributed by atoms with E-state index in [0.717, 1.165) is 46.3 Å². The van der Waals surface area contributed by atoms with Gasteiger partial charge in [-0.2, -0.15) is 9.36 Å². The van der Waals surface area contributed by atoms with Crippen molar-refractivity contribution in [2.24, 2.45) is 4.99 Å². The van der Waals surface area contributed by atoms with Crippen LogP contribution in [0.25, 0.3) is 0 Å². The first-order valence-electron chi connectivity index (χ1n) is 10.4. The fourth-order valence-corrected chi connectivity index (χ4v) is 4.15. The van der Waals surface area contributed by atoms with E-state index in [0.29, 0.717) is 11.2 Å². The Hall–Kier alpha value is -2.44. The first-order valence-corrected chi connectivity index (χ1v) is 11.6. The van der Waals surface area contributed by atoms with Crippen molar-refractivity contribution in [2.75, 3.05) is 7.05 Å². The summed E-state index contributed by atoms with van der Waals surface area (Å²) in [5.74, 6) is 1.62.